The van der Waals surface area contributed by atoms with Crippen molar-refractivity contribution >= 4 is 23.1 Å². The number of aromatic carboxylic acids is 1. The van der Waals surface area contributed by atoms with E-state index in [2.05, 4.69) is 19.9 Å². The molecule has 14 heteroatoms. The summed E-state index contributed by atoms with van der Waals surface area (Å²) in [5, 5.41) is 22.0. The van der Waals surface area contributed by atoms with Crippen LogP contribution >= 0.6 is 0 Å². The van der Waals surface area contributed by atoms with Crippen molar-refractivity contribution < 1.29 is 47.9 Å². The molecule has 0 aliphatic carbocycles. The van der Waals surface area contributed by atoms with E-state index in [0.29, 0.717) is 13.1 Å². The molecule has 0 saturated carbocycles. The Hall–Kier alpha value is -2.22. The van der Waals surface area contributed by atoms with Gasteiger partial charge < -0.3 is 48.6 Å². The Balaban J connectivity index is -0.000000227. The molecule has 0 atom stereocenters. The quantitative estimate of drug-likeness (QED) is 0.320. The molecule has 0 bridgehead atoms. The van der Waals surface area contributed by atoms with E-state index in [1.54, 1.807) is 0 Å². The number of aromatic nitrogens is 4. The van der Waals surface area contributed by atoms with Crippen LogP contribution in [0, 0.1) is 6.92 Å². The van der Waals surface area contributed by atoms with Gasteiger partial charge in [0.15, 0.2) is 5.65 Å². The van der Waals surface area contributed by atoms with Gasteiger partial charge in [0.25, 0.3) is 0 Å². The zero-order chi connectivity index (χ0) is 15.3. The number of rotatable bonds is 2. The first kappa shape index (κ1) is 29.8. The first-order valence-electron chi connectivity index (χ1n) is 5.51. The SMILES string of the molecule is Cc1nc2nc(N)nc([O-])c2nc1C(=O)[O-].NCCN.O.O.[Ni+2].[OH3+]. The fourth-order valence-electron chi connectivity index (χ4n) is 1.21. The molecule has 2 aromatic rings. The van der Waals surface area contributed by atoms with E-state index in [0.717, 1.165) is 0 Å². The molecule has 0 aromatic carbocycles. The molecule has 0 unspecified atom stereocenters. The monoisotopic (exact) mass is 392 g/mol. The molecule has 24 heavy (non-hydrogen) atoms. The maximum Gasteiger partial charge on any atom is 2.00 e. The Morgan fingerprint density at radius 1 is 1.08 bits per heavy atom. The molecule has 13 nitrogen and oxygen atoms in total. The van der Waals surface area contributed by atoms with E-state index in [9.17, 15) is 15.0 Å². The number of nitrogen functional groups attached to an aromatic ring is 1. The number of aryl methyl sites for hydroxylation is 1. The molecule has 2 rings (SSSR count). The van der Waals surface area contributed by atoms with Gasteiger partial charge in [-0.05, 0) is 6.92 Å². The topological polar surface area (TPSA) is 289 Å². The van der Waals surface area contributed by atoms with Gasteiger partial charge in [0, 0.05) is 19.0 Å². The Morgan fingerprint density at radius 2 is 1.58 bits per heavy atom. The molecular formula is C10H20N7NiO6+. The fourth-order valence-corrected chi connectivity index (χ4v) is 1.21. The van der Waals surface area contributed by atoms with E-state index in [1.807, 2.05) is 0 Å². The van der Waals surface area contributed by atoms with Crippen LogP contribution in [-0.2, 0) is 22.0 Å². The molecule has 13 N–H and O–H groups in total. The second kappa shape index (κ2) is 13.2. The van der Waals surface area contributed by atoms with Crippen LogP contribution in [-0.4, -0.2) is 49.9 Å². The van der Waals surface area contributed by atoms with E-state index in [4.69, 9.17) is 17.2 Å². The summed E-state index contributed by atoms with van der Waals surface area (Å²) in [6, 6.07) is 0. The van der Waals surface area contributed by atoms with Gasteiger partial charge in [0.05, 0.1) is 11.7 Å². The van der Waals surface area contributed by atoms with Crippen LogP contribution in [0.25, 0.3) is 11.2 Å². The van der Waals surface area contributed by atoms with Crippen molar-refractivity contribution in [3.63, 3.8) is 0 Å². The maximum atomic E-state index is 11.3. The number of carbonyl (C=O) groups is 1. The van der Waals surface area contributed by atoms with Crippen LogP contribution < -0.4 is 27.4 Å². The number of carboxylic acids is 1. The molecule has 0 radical (unpaired) electrons. The summed E-state index contributed by atoms with van der Waals surface area (Å²) in [7, 11) is 0. The molecule has 0 fully saturated rings. The maximum absolute atomic E-state index is 11.3. The summed E-state index contributed by atoms with van der Waals surface area (Å²) in [6.45, 7) is 2.61. The van der Waals surface area contributed by atoms with Crippen molar-refractivity contribution in [1.82, 2.24) is 19.9 Å². The third kappa shape index (κ3) is 7.37. The second-order valence-electron chi connectivity index (χ2n) is 3.58. The first-order valence-corrected chi connectivity index (χ1v) is 5.51. The molecule has 0 aliphatic rings. The van der Waals surface area contributed by atoms with Crippen LogP contribution in [0.15, 0.2) is 0 Å². The number of carbonyl (C=O) groups excluding carboxylic acids is 1. The molecule has 0 amide bonds. The summed E-state index contributed by atoms with van der Waals surface area (Å²) < 4.78 is 0. The van der Waals surface area contributed by atoms with Crippen LogP contribution in [0.1, 0.15) is 16.2 Å². The van der Waals surface area contributed by atoms with E-state index in [-0.39, 0.29) is 55.7 Å². The van der Waals surface area contributed by atoms with Crippen molar-refractivity contribution in [2.75, 3.05) is 18.8 Å². The number of carboxylic acid groups (broad SMARTS) is 1. The third-order valence-corrected chi connectivity index (χ3v) is 2.05. The van der Waals surface area contributed by atoms with Gasteiger partial charge in [-0.2, -0.15) is 4.98 Å². The minimum atomic E-state index is -1.51. The second-order valence-corrected chi connectivity index (χ2v) is 3.58. The number of nitrogens with zero attached hydrogens (tertiary/aromatic N) is 4. The van der Waals surface area contributed by atoms with Crippen LogP contribution in [0.3, 0.4) is 0 Å². The molecule has 0 spiro atoms. The average Bonchev–Trinajstić information content (AvgIpc) is 2.37. The minimum absolute atomic E-state index is 0. The van der Waals surface area contributed by atoms with Gasteiger partial charge in [-0.1, -0.05) is 0 Å². The first-order chi connectivity index (χ1) is 9.40. The molecular weight excluding hydrogens is 373 g/mol. The van der Waals surface area contributed by atoms with Crippen LogP contribution in [0.2, 0.25) is 0 Å². The number of fused-ring (bicyclic) bond motifs is 1. The predicted octanol–water partition coefficient (Wildman–Crippen LogP) is -5.92. The summed E-state index contributed by atoms with van der Waals surface area (Å²) >= 11 is 0. The fraction of sp³-hybridized carbons (Fsp3) is 0.300. The van der Waals surface area contributed by atoms with Crippen molar-refractivity contribution in [1.29, 1.82) is 0 Å². The van der Waals surface area contributed by atoms with Gasteiger partial charge in [0.2, 0.25) is 5.95 Å². The standard InChI is InChI=1S/C8H7N5O3.C2H8N2.Ni.3H2O/c1-2-3(7(15)16)11-4-5(10-2)12-8(9)13-6(4)14;3-1-2-4;;;;/h1H3,(H,15,16)(H3,9,10,12,13,14);1-4H2;;3*1H2/q;;+2;;;/p-1. The Labute approximate surface area is 146 Å². The van der Waals surface area contributed by atoms with E-state index in [1.165, 1.54) is 6.92 Å². The smallest absolute Gasteiger partial charge is 0.857 e. The van der Waals surface area contributed by atoms with Crippen molar-refractivity contribution in [2.24, 2.45) is 11.5 Å². The van der Waals surface area contributed by atoms with Gasteiger partial charge in [0.1, 0.15) is 11.2 Å². The summed E-state index contributed by atoms with van der Waals surface area (Å²) in [5.41, 5.74) is 14.5. The number of hydrogen-bond donors (Lipinski definition) is 3. The number of nitrogens with two attached hydrogens (primary N) is 3. The van der Waals surface area contributed by atoms with Crippen molar-refractivity contribution in [2.45, 2.75) is 6.92 Å². The van der Waals surface area contributed by atoms with Crippen LogP contribution in [0.4, 0.5) is 5.95 Å². The van der Waals surface area contributed by atoms with E-state index >= 15 is 0 Å². The molecule has 0 aliphatic heterocycles. The number of anilines is 1. The zero-order valence-corrected chi connectivity index (χ0v) is 13.5. The zero-order valence-electron chi connectivity index (χ0n) is 12.6. The van der Waals surface area contributed by atoms with E-state index < -0.39 is 17.5 Å². The predicted molar refractivity (Wildman–Crippen MR) is 78.3 cm³/mol. The largest absolute Gasteiger partial charge is 2.00 e. The molecule has 0 saturated heterocycles. The minimum Gasteiger partial charge on any atom is -0.857 e. The molecule has 2 heterocycles. The van der Waals surface area contributed by atoms with Gasteiger partial charge in [-0.25, -0.2) is 15.0 Å². The number of hydrogen-bond acceptors (Lipinski definition) is 10. The summed E-state index contributed by atoms with van der Waals surface area (Å²) in [6.07, 6.45) is 0. The molecule has 2 aromatic heterocycles. The van der Waals surface area contributed by atoms with Gasteiger partial charge in [-0.3, -0.25) is 0 Å². The van der Waals surface area contributed by atoms with Gasteiger partial charge >= 0.3 is 16.5 Å². The van der Waals surface area contributed by atoms with Gasteiger partial charge in [-0.15, -0.1) is 0 Å². The Morgan fingerprint density at radius 3 is 2.00 bits per heavy atom. The summed E-state index contributed by atoms with van der Waals surface area (Å²) in [4.78, 5) is 25.1. The van der Waals surface area contributed by atoms with Crippen LogP contribution in [0.5, 0.6) is 5.88 Å². The van der Waals surface area contributed by atoms with Crippen molar-refractivity contribution in [3.05, 3.63) is 11.4 Å². The Kier molecular flexibility index (Phi) is 16.4. The van der Waals surface area contributed by atoms with Crippen molar-refractivity contribution in [3.8, 4) is 5.88 Å². The normalized spacial score (nSPS) is 8.29. The Bertz CT molecular complexity index is 643. The average molecular weight is 393 g/mol. The summed E-state index contributed by atoms with van der Waals surface area (Å²) in [5.74, 6) is -2.51. The molecule has 140 valence electrons. The third-order valence-electron chi connectivity index (χ3n) is 2.05.